The van der Waals surface area contributed by atoms with Gasteiger partial charge in [0, 0.05) is 6.07 Å². The second kappa shape index (κ2) is 15.4. The van der Waals surface area contributed by atoms with Crippen LogP contribution >= 0.6 is 0 Å². The number of nitrogens with zero attached hydrogens (tertiary/aromatic N) is 1. The van der Waals surface area contributed by atoms with Crippen molar-refractivity contribution in [3.63, 3.8) is 0 Å². The topological polar surface area (TPSA) is 63.0 Å². The molecule has 3 aromatic rings. The van der Waals surface area contributed by atoms with E-state index in [-0.39, 0.29) is 0 Å². The van der Waals surface area contributed by atoms with Crippen LogP contribution in [0.15, 0.2) is 47.0 Å². The Bertz CT molecular complexity index is 1060. The lowest BCUT2D eigenvalue weighted by atomic mass is 10.1. The summed E-state index contributed by atoms with van der Waals surface area (Å²) in [6, 6.07) is 13.7. The van der Waals surface area contributed by atoms with E-state index >= 15 is 0 Å². The van der Waals surface area contributed by atoms with Crippen LogP contribution in [0.1, 0.15) is 75.0 Å². The van der Waals surface area contributed by atoms with E-state index < -0.39 is 0 Å². The molecule has 0 saturated heterocycles. The Morgan fingerprint density at radius 2 is 1.19 bits per heavy atom. The van der Waals surface area contributed by atoms with Crippen LogP contribution in [0.4, 0.5) is 0 Å². The fourth-order valence-electron chi connectivity index (χ4n) is 3.70. The summed E-state index contributed by atoms with van der Waals surface area (Å²) < 4.78 is 28.2. The fourth-order valence-corrected chi connectivity index (χ4v) is 3.70. The molecule has 0 aliphatic carbocycles. The number of rotatable bonds is 16. The third kappa shape index (κ3) is 9.05. The molecular formula is C31H39NO5. The molecule has 37 heavy (non-hydrogen) atoms. The summed E-state index contributed by atoms with van der Waals surface area (Å²) in [6.45, 7) is 5.74. The van der Waals surface area contributed by atoms with Gasteiger partial charge in [0.1, 0.15) is 5.69 Å². The zero-order valence-corrected chi connectivity index (χ0v) is 22.5. The van der Waals surface area contributed by atoms with E-state index in [4.69, 9.17) is 23.5 Å². The van der Waals surface area contributed by atoms with E-state index in [1.165, 1.54) is 12.8 Å². The first-order chi connectivity index (χ1) is 18.2. The number of hydrogen-bond acceptors (Lipinski definition) is 6. The van der Waals surface area contributed by atoms with Gasteiger partial charge in [0.2, 0.25) is 0 Å². The van der Waals surface area contributed by atoms with Gasteiger partial charge in [0.15, 0.2) is 28.8 Å². The third-order valence-corrected chi connectivity index (χ3v) is 5.82. The highest BCUT2D eigenvalue weighted by molar-refractivity contribution is 5.72. The standard InChI is InChI=1S/C31H39NO5/c1-5-7-9-19-35-28-17-13-24(21-30(28)33-3)11-15-26-23-27(37-32-26)16-12-25-14-18-29(31(22-25)34-4)36-20-10-8-6-2/h11-18,21-23H,5-10,19-20H2,1-4H3/b15-11+,16-12+. The minimum Gasteiger partial charge on any atom is -0.493 e. The molecule has 1 aromatic heterocycles. The summed E-state index contributed by atoms with van der Waals surface area (Å²) in [5.41, 5.74) is 2.70. The molecule has 0 spiro atoms. The van der Waals surface area contributed by atoms with Gasteiger partial charge >= 0.3 is 0 Å². The summed E-state index contributed by atoms with van der Waals surface area (Å²) >= 11 is 0. The first kappa shape index (κ1) is 27.9. The summed E-state index contributed by atoms with van der Waals surface area (Å²) in [6.07, 6.45) is 14.4. The Morgan fingerprint density at radius 1 is 0.649 bits per heavy atom. The average molecular weight is 506 g/mol. The third-order valence-electron chi connectivity index (χ3n) is 5.82. The predicted molar refractivity (Wildman–Crippen MR) is 150 cm³/mol. The Balaban J connectivity index is 1.59. The molecule has 3 rings (SSSR count). The quantitative estimate of drug-likeness (QED) is 0.183. The monoisotopic (exact) mass is 505 g/mol. The smallest absolute Gasteiger partial charge is 0.161 e. The van der Waals surface area contributed by atoms with Crippen molar-refractivity contribution in [2.24, 2.45) is 0 Å². The fraction of sp³-hybridized carbons (Fsp3) is 0.387. The van der Waals surface area contributed by atoms with Crippen LogP contribution in [0.25, 0.3) is 24.3 Å². The largest absolute Gasteiger partial charge is 0.493 e. The van der Waals surface area contributed by atoms with Gasteiger partial charge in [-0.1, -0.05) is 69.0 Å². The molecule has 0 N–H and O–H groups in total. The van der Waals surface area contributed by atoms with Crippen LogP contribution in [-0.4, -0.2) is 32.6 Å². The first-order valence-corrected chi connectivity index (χ1v) is 13.1. The van der Waals surface area contributed by atoms with E-state index in [2.05, 4.69) is 19.0 Å². The molecule has 6 heteroatoms. The molecule has 0 fully saturated rings. The summed E-state index contributed by atoms with van der Waals surface area (Å²) in [5, 5.41) is 4.14. The van der Waals surface area contributed by atoms with E-state index in [1.54, 1.807) is 14.2 Å². The minimum absolute atomic E-state index is 0.659. The molecule has 0 saturated carbocycles. The molecule has 198 valence electrons. The Kier molecular flexibility index (Phi) is 11.6. The second-order valence-corrected chi connectivity index (χ2v) is 8.75. The van der Waals surface area contributed by atoms with Crippen molar-refractivity contribution >= 4 is 24.3 Å². The van der Waals surface area contributed by atoms with Gasteiger partial charge in [-0.25, -0.2) is 0 Å². The molecule has 0 unspecified atom stereocenters. The predicted octanol–water partition coefficient (Wildman–Crippen LogP) is 8.17. The lowest BCUT2D eigenvalue weighted by Gasteiger charge is -2.11. The maximum Gasteiger partial charge on any atom is 0.161 e. The number of methoxy groups -OCH3 is 2. The molecule has 2 aromatic carbocycles. The number of hydrogen-bond donors (Lipinski definition) is 0. The molecule has 1 heterocycles. The lowest BCUT2D eigenvalue weighted by Crippen LogP contribution is -1.99. The van der Waals surface area contributed by atoms with Crippen molar-refractivity contribution in [1.29, 1.82) is 0 Å². The first-order valence-electron chi connectivity index (χ1n) is 13.1. The zero-order chi connectivity index (χ0) is 26.3. The zero-order valence-electron chi connectivity index (χ0n) is 22.5. The highest BCUT2D eigenvalue weighted by Gasteiger charge is 2.07. The van der Waals surface area contributed by atoms with Crippen LogP contribution < -0.4 is 18.9 Å². The highest BCUT2D eigenvalue weighted by atomic mass is 16.5. The summed E-state index contributed by atoms with van der Waals surface area (Å²) in [7, 11) is 3.31. The van der Waals surface area contributed by atoms with Crippen LogP contribution in [-0.2, 0) is 0 Å². The van der Waals surface area contributed by atoms with Crippen LogP contribution in [0.2, 0.25) is 0 Å². The maximum absolute atomic E-state index is 5.86. The molecule has 0 bridgehead atoms. The second-order valence-electron chi connectivity index (χ2n) is 8.75. The number of unbranched alkanes of at least 4 members (excludes halogenated alkanes) is 4. The Hall–Kier alpha value is -3.67. The van der Waals surface area contributed by atoms with Crippen LogP contribution in [0.5, 0.6) is 23.0 Å². The molecule has 0 amide bonds. The molecule has 0 radical (unpaired) electrons. The van der Waals surface area contributed by atoms with Gasteiger partial charge in [-0.2, -0.15) is 0 Å². The maximum atomic E-state index is 5.86. The normalized spacial score (nSPS) is 11.4. The van der Waals surface area contributed by atoms with Crippen molar-refractivity contribution in [2.45, 2.75) is 52.4 Å². The van der Waals surface area contributed by atoms with Crippen molar-refractivity contribution in [3.8, 4) is 23.0 Å². The van der Waals surface area contributed by atoms with Gasteiger partial charge in [-0.15, -0.1) is 0 Å². The molecule has 6 nitrogen and oxygen atoms in total. The van der Waals surface area contributed by atoms with Crippen molar-refractivity contribution in [3.05, 3.63) is 65.0 Å². The molecule has 0 atom stereocenters. The van der Waals surface area contributed by atoms with Gasteiger partial charge in [-0.05, 0) is 60.4 Å². The van der Waals surface area contributed by atoms with Crippen LogP contribution in [0, 0.1) is 0 Å². The van der Waals surface area contributed by atoms with Gasteiger partial charge in [-0.3, -0.25) is 0 Å². The lowest BCUT2D eigenvalue weighted by molar-refractivity contribution is 0.286. The number of benzene rings is 2. The van der Waals surface area contributed by atoms with Crippen molar-refractivity contribution < 1.29 is 23.5 Å². The van der Waals surface area contributed by atoms with E-state index in [1.807, 2.05) is 66.8 Å². The van der Waals surface area contributed by atoms with E-state index in [0.717, 1.165) is 59.8 Å². The highest BCUT2D eigenvalue weighted by Crippen LogP contribution is 2.30. The van der Waals surface area contributed by atoms with Crippen LogP contribution in [0.3, 0.4) is 0 Å². The molecular weight excluding hydrogens is 466 g/mol. The summed E-state index contributed by atoms with van der Waals surface area (Å²) in [5.74, 6) is 3.61. The summed E-state index contributed by atoms with van der Waals surface area (Å²) in [4.78, 5) is 0. The van der Waals surface area contributed by atoms with E-state index in [9.17, 15) is 0 Å². The van der Waals surface area contributed by atoms with Gasteiger partial charge in [0.05, 0.1) is 27.4 Å². The SMILES string of the molecule is CCCCCOc1ccc(/C=C/c2cc(/C=C/c3ccc(OCCCCC)c(OC)c3)on2)cc1OC. The van der Waals surface area contributed by atoms with Gasteiger partial charge in [0.25, 0.3) is 0 Å². The van der Waals surface area contributed by atoms with Crippen molar-refractivity contribution in [2.75, 3.05) is 27.4 Å². The minimum atomic E-state index is 0.659. The average Bonchev–Trinajstić information content (AvgIpc) is 3.39. The number of aromatic nitrogens is 1. The number of ether oxygens (including phenoxy) is 4. The molecule has 0 aliphatic rings. The Morgan fingerprint density at radius 3 is 1.70 bits per heavy atom. The Labute approximate surface area is 220 Å². The van der Waals surface area contributed by atoms with Gasteiger partial charge < -0.3 is 23.5 Å². The van der Waals surface area contributed by atoms with Crippen molar-refractivity contribution in [1.82, 2.24) is 5.16 Å². The molecule has 0 aliphatic heterocycles. The van der Waals surface area contributed by atoms with E-state index in [0.29, 0.717) is 24.7 Å².